The second-order valence-corrected chi connectivity index (χ2v) is 9.27. The smallest absolute Gasteiger partial charge is 0.342 e. The lowest BCUT2D eigenvalue weighted by Gasteiger charge is -2.27. The third kappa shape index (κ3) is 6.75. The zero-order chi connectivity index (χ0) is 25.2. The number of hydrogen-bond donors (Lipinski definition) is 0. The minimum absolute atomic E-state index is 0.157. The van der Waals surface area contributed by atoms with Crippen LogP contribution in [0, 0.1) is 0 Å². The molecule has 36 heavy (non-hydrogen) atoms. The van der Waals surface area contributed by atoms with Gasteiger partial charge in [0, 0.05) is 6.42 Å². The molecular formula is C31H35NO4. The summed E-state index contributed by atoms with van der Waals surface area (Å²) in [5.41, 5.74) is 3.44. The molecule has 3 aromatic rings. The van der Waals surface area contributed by atoms with Crippen molar-refractivity contribution in [1.29, 1.82) is 0 Å². The summed E-state index contributed by atoms with van der Waals surface area (Å²) in [6.07, 6.45) is 6.47. The summed E-state index contributed by atoms with van der Waals surface area (Å²) in [6, 6.07) is 25.3. The molecule has 0 N–H and O–H groups in total. The van der Waals surface area contributed by atoms with Crippen LogP contribution in [0.5, 0.6) is 5.75 Å². The van der Waals surface area contributed by atoms with Crippen molar-refractivity contribution >= 4 is 11.9 Å². The van der Waals surface area contributed by atoms with Crippen molar-refractivity contribution in [3.05, 3.63) is 101 Å². The van der Waals surface area contributed by atoms with E-state index in [-0.39, 0.29) is 24.9 Å². The highest BCUT2D eigenvalue weighted by Gasteiger charge is 2.27. The van der Waals surface area contributed by atoms with Gasteiger partial charge in [-0.2, -0.15) is 5.06 Å². The highest BCUT2D eigenvalue weighted by Crippen LogP contribution is 2.38. The van der Waals surface area contributed by atoms with Gasteiger partial charge in [-0.15, -0.1) is 0 Å². The van der Waals surface area contributed by atoms with Crippen molar-refractivity contribution in [2.75, 3.05) is 13.2 Å². The predicted molar refractivity (Wildman–Crippen MR) is 141 cm³/mol. The predicted octanol–water partition coefficient (Wildman–Crippen LogP) is 6.52. The molecule has 0 saturated heterocycles. The summed E-state index contributed by atoms with van der Waals surface area (Å²) in [4.78, 5) is 32.6. The van der Waals surface area contributed by atoms with Crippen molar-refractivity contribution < 1.29 is 19.2 Å². The van der Waals surface area contributed by atoms with Gasteiger partial charge in [0.05, 0.1) is 19.6 Å². The van der Waals surface area contributed by atoms with E-state index in [1.807, 2.05) is 79.7 Å². The lowest BCUT2D eigenvalue weighted by atomic mass is 9.82. The number of ether oxygens (including phenoxy) is 1. The normalized spacial score (nSPS) is 13.7. The zero-order valence-corrected chi connectivity index (χ0v) is 21.0. The maximum absolute atomic E-state index is 13.4. The molecule has 0 bridgehead atoms. The first-order valence-corrected chi connectivity index (χ1v) is 13.0. The van der Waals surface area contributed by atoms with Crippen LogP contribution in [-0.4, -0.2) is 30.1 Å². The van der Waals surface area contributed by atoms with E-state index in [1.54, 1.807) is 6.07 Å². The SMILES string of the molecule is CCN(Oc1cccc(C2CCCCC2)c1C(=O)OCCc1ccccc1)C(=O)Cc1ccccc1. The van der Waals surface area contributed by atoms with Gasteiger partial charge in [0.2, 0.25) is 0 Å². The molecule has 0 heterocycles. The Morgan fingerprint density at radius 3 is 2.17 bits per heavy atom. The first-order chi connectivity index (χ1) is 17.7. The Labute approximate surface area is 214 Å². The van der Waals surface area contributed by atoms with E-state index in [0.717, 1.165) is 42.4 Å². The van der Waals surface area contributed by atoms with Crippen LogP contribution in [0.2, 0.25) is 0 Å². The van der Waals surface area contributed by atoms with Gasteiger partial charge in [0.25, 0.3) is 5.91 Å². The van der Waals surface area contributed by atoms with Gasteiger partial charge in [-0.05, 0) is 48.4 Å². The number of rotatable bonds is 10. The van der Waals surface area contributed by atoms with Crippen molar-refractivity contribution in [2.24, 2.45) is 0 Å². The molecule has 0 unspecified atom stereocenters. The molecular weight excluding hydrogens is 450 g/mol. The molecule has 5 nitrogen and oxygen atoms in total. The van der Waals surface area contributed by atoms with Gasteiger partial charge in [-0.25, -0.2) is 4.79 Å². The summed E-state index contributed by atoms with van der Waals surface area (Å²) >= 11 is 0. The fraction of sp³-hybridized carbons (Fsp3) is 0.355. The van der Waals surface area contributed by atoms with E-state index < -0.39 is 5.97 Å². The summed E-state index contributed by atoms with van der Waals surface area (Å²) in [7, 11) is 0. The molecule has 0 aromatic heterocycles. The quantitative estimate of drug-likeness (QED) is 0.242. The number of likely N-dealkylation sites (N-methyl/N-ethyl adjacent to an activating group) is 1. The average molecular weight is 486 g/mol. The molecule has 5 heteroatoms. The minimum Gasteiger partial charge on any atom is -0.462 e. The number of hydroxylamine groups is 2. The highest BCUT2D eigenvalue weighted by atomic mass is 16.7. The van der Waals surface area contributed by atoms with Crippen LogP contribution in [0.1, 0.15) is 72.0 Å². The van der Waals surface area contributed by atoms with Crippen LogP contribution in [0.25, 0.3) is 0 Å². The molecule has 4 rings (SSSR count). The molecule has 1 aliphatic carbocycles. The Balaban J connectivity index is 1.55. The number of esters is 1. The van der Waals surface area contributed by atoms with Gasteiger partial charge >= 0.3 is 5.97 Å². The first-order valence-electron chi connectivity index (χ1n) is 13.0. The Kier molecular flexibility index (Phi) is 9.15. The van der Waals surface area contributed by atoms with Gasteiger partial charge in [0.1, 0.15) is 5.56 Å². The molecule has 1 aliphatic rings. The number of benzene rings is 3. The van der Waals surface area contributed by atoms with Crippen LogP contribution < -0.4 is 4.84 Å². The number of carbonyl (C=O) groups excluding carboxylic acids is 2. The Hall–Kier alpha value is -3.60. The van der Waals surface area contributed by atoms with E-state index in [0.29, 0.717) is 24.3 Å². The van der Waals surface area contributed by atoms with Crippen molar-refractivity contribution in [3.8, 4) is 5.75 Å². The van der Waals surface area contributed by atoms with Gasteiger partial charge < -0.3 is 9.57 Å². The standard InChI is InChI=1S/C31H35NO4/c1-2-32(29(33)23-25-15-8-4-9-16-25)36-28-20-12-19-27(26-17-10-5-11-18-26)30(28)31(34)35-22-21-24-13-6-3-7-14-24/h3-4,6-9,12-16,19-20,26H,2,5,10-11,17-18,21-23H2,1H3. The molecule has 0 atom stereocenters. The summed E-state index contributed by atoms with van der Waals surface area (Å²) < 4.78 is 5.75. The third-order valence-corrected chi connectivity index (χ3v) is 6.75. The van der Waals surface area contributed by atoms with Crippen LogP contribution in [0.3, 0.4) is 0 Å². The van der Waals surface area contributed by atoms with Crippen LogP contribution in [0.15, 0.2) is 78.9 Å². The van der Waals surface area contributed by atoms with Gasteiger partial charge in [-0.3, -0.25) is 4.79 Å². The largest absolute Gasteiger partial charge is 0.462 e. The fourth-order valence-electron chi connectivity index (χ4n) is 4.84. The molecule has 1 fully saturated rings. The molecule has 0 aliphatic heterocycles. The molecule has 0 radical (unpaired) electrons. The summed E-state index contributed by atoms with van der Waals surface area (Å²) in [5, 5.41) is 1.34. The Morgan fingerprint density at radius 2 is 1.50 bits per heavy atom. The number of amides is 1. The van der Waals surface area contributed by atoms with Crippen LogP contribution >= 0.6 is 0 Å². The van der Waals surface area contributed by atoms with Crippen LogP contribution in [0.4, 0.5) is 0 Å². The lowest BCUT2D eigenvalue weighted by molar-refractivity contribution is -0.155. The maximum Gasteiger partial charge on any atom is 0.342 e. The van der Waals surface area contributed by atoms with E-state index in [1.165, 1.54) is 11.5 Å². The van der Waals surface area contributed by atoms with Gasteiger partial charge in [-0.1, -0.05) is 92.1 Å². The minimum atomic E-state index is -0.395. The molecule has 3 aromatic carbocycles. The molecule has 188 valence electrons. The number of carbonyl (C=O) groups is 2. The van der Waals surface area contributed by atoms with Crippen molar-refractivity contribution in [3.63, 3.8) is 0 Å². The molecule has 1 saturated carbocycles. The zero-order valence-electron chi connectivity index (χ0n) is 21.0. The first kappa shape index (κ1) is 25.5. The Morgan fingerprint density at radius 1 is 0.833 bits per heavy atom. The van der Waals surface area contributed by atoms with E-state index in [2.05, 4.69) is 0 Å². The van der Waals surface area contributed by atoms with Crippen molar-refractivity contribution in [1.82, 2.24) is 5.06 Å². The molecule has 1 amide bonds. The average Bonchev–Trinajstić information content (AvgIpc) is 2.93. The number of hydrogen-bond acceptors (Lipinski definition) is 4. The maximum atomic E-state index is 13.4. The topological polar surface area (TPSA) is 55.8 Å². The highest BCUT2D eigenvalue weighted by molar-refractivity contribution is 5.94. The van der Waals surface area contributed by atoms with Crippen molar-refractivity contribution in [2.45, 2.75) is 57.8 Å². The van der Waals surface area contributed by atoms with Gasteiger partial charge in [0.15, 0.2) is 5.75 Å². The van der Waals surface area contributed by atoms with E-state index >= 15 is 0 Å². The second kappa shape index (κ2) is 12.9. The van der Waals surface area contributed by atoms with E-state index in [4.69, 9.17) is 9.57 Å². The number of nitrogens with zero attached hydrogens (tertiary/aromatic N) is 1. The van der Waals surface area contributed by atoms with E-state index in [9.17, 15) is 9.59 Å². The summed E-state index contributed by atoms with van der Waals surface area (Å²) in [6.45, 7) is 2.51. The summed E-state index contributed by atoms with van der Waals surface area (Å²) in [5.74, 6) is 0.115. The fourth-order valence-corrected chi connectivity index (χ4v) is 4.84. The monoisotopic (exact) mass is 485 g/mol. The third-order valence-electron chi connectivity index (χ3n) is 6.75. The second-order valence-electron chi connectivity index (χ2n) is 9.27. The van der Waals surface area contributed by atoms with Crippen LogP contribution in [-0.2, 0) is 22.4 Å². The Bertz CT molecular complexity index is 1120. The lowest BCUT2D eigenvalue weighted by Crippen LogP contribution is -2.36. The molecule has 0 spiro atoms.